The molecule has 0 aromatic rings. The van der Waals surface area contributed by atoms with E-state index in [0.717, 1.165) is 12.8 Å². The number of rotatable bonds is 3. The molecular weight excluding hydrogens is 190 g/mol. The molecule has 1 rings (SSSR count). The van der Waals surface area contributed by atoms with E-state index in [1.54, 1.807) is 0 Å². The molecule has 4 nitrogen and oxygen atoms in total. The number of amides is 2. The van der Waals surface area contributed by atoms with Crippen molar-refractivity contribution in [3.8, 4) is 0 Å². The summed E-state index contributed by atoms with van der Waals surface area (Å²) in [6.45, 7) is 4.45. The van der Waals surface area contributed by atoms with Gasteiger partial charge in [-0.3, -0.25) is 0 Å². The van der Waals surface area contributed by atoms with E-state index in [4.69, 9.17) is 5.73 Å². The Hall–Kier alpha value is -0.770. The number of carbonyl (C=O) groups is 1. The average molecular weight is 213 g/mol. The molecule has 15 heavy (non-hydrogen) atoms. The molecule has 1 saturated carbocycles. The van der Waals surface area contributed by atoms with Gasteiger partial charge >= 0.3 is 6.03 Å². The minimum absolute atomic E-state index is 0.0858. The van der Waals surface area contributed by atoms with Gasteiger partial charge in [-0.05, 0) is 26.7 Å². The Kier molecular flexibility index (Phi) is 4.39. The maximum Gasteiger partial charge on any atom is 0.315 e. The molecule has 0 unspecified atom stereocenters. The minimum atomic E-state index is -0.156. The molecule has 0 aliphatic heterocycles. The summed E-state index contributed by atoms with van der Waals surface area (Å²) < 4.78 is 0. The fraction of sp³-hybridized carbons (Fsp3) is 0.909. The fourth-order valence-electron chi connectivity index (χ4n) is 2.15. The van der Waals surface area contributed by atoms with Gasteiger partial charge < -0.3 is 16.4 Å². The van der Waals surface area contributed by atoms with Crippen molar-refractivity contribution in [3.05, 3.63) is 0 Å². The topological polar surface area (TPSA) is 67.2 Å². The van der Waals surface area contributed by atoms with Crippen LogP contribution in [-0.2, 0) is 0 Å². The molecule has 0 saturated heterocycles. The molecule has 1 fully saturated rings. The summed E-state index contributed by atoms with van der Waals surface area (Å²) in [5.74, 6) is 0. The van der Waals surface area contributed by atoms with E-state index in [0.29, 0.717) is 6.54 Å². The number of nitrogens with one attached hydrogen (secondary N) is 2. The van der Waals surface area contributed by atoms with Crippen molar-refractivity contribution < 1.29 is 4.79 Å². The first-order valence-corrected chi connectivity index (χ1v) is 5.87. The predicted molar refractivity (Wildman–Crippen MR) is 61.7 cm³/mol. The first-order chi connectivity index (χ1) is 7.08. The molecule has 0 radical (unpaired) electrons. The SMILES string of the molecule is CC(C)NC(=O)NC1(CN)CCCCC1. The van der Waals surface area contributed by atoms with E-state index >= 15 is 0 Å². The van der Waals surface area contributed by atoms with Crippen molar-refractivity contribution in [2.45, 2.75) is 57.5 Å². The molecule has 88 valence electrons. The largest absolute Gasteiger partial charge is 0.336 e. The van der Waals surface area contributed by atoms with Crippen molar-refractivity contribution in [1.29, 1.82) is 0 Å². The second-order valence-corrected chi connectivity index (χ2v) is 4.80. The summed E-state index contributed by atoms with van der Waals surface area (Å²) in [4.78, 5) is 11.6. The number of hydrogen-bond donors (Lipinski definition) is 3. The number of urea groups is 1. The summed E-state index contributed by atoms with van der Waals surface area (Å²) >= 11 is 0. The lowest BCUT2D eigenvalue weighted by molar-refractivity contribution is 0.203. The monoisotopic (exact) mass is 213 g/mol. The van der Waals surface area contributed by atoms with Gasteiger partial charge in [0.15, 0.2) is 0 Å². The highest BCUT2D eigenvalue weighted by Crippen LogP contribution is 2.27. The molecule has 4 N–H and O–H groups in total. The normalized spacial score (nSPS) is 20.0. The summed E-state index contributed by atoms with van der Waals surface area (Å²) in [5, 5.41) is 5.88. The van der Waals surface area contributed by atoms with Crippen LogP contribution in [0.2, 0.25) is 0 Å². The van der Waals surface area contributed by atoms with E-state index in [1.807, 2.05) is 13.8 Å². The maximum atomic E-state index is 11.6. The van der Waals surface area contributed by atoms with Gasteiger partial charge in [0.2, 0.25) is 0 Å². The smallest absolute Gasteiger partial charge is 0.315 e. The molecule has 4 heteroatoms. The van der Waals surface area contributed by atoms with Crippen LogP contribution >= 0.6 is 0 Å². The minimum Gasteiger partial charge on any atom is -0.336 e. The van der Waals surface area contributed by atoms with Gasteiger partial charge in [-0.2, -0.15) is 0 Å². The molecule has 0 bridgehead atoms. The number of carbonyl (C=O) groups excluding carboxylic acids is 1. The van der Waals surface area contributed by atoms with Crippen LogP contribution in [0.15, 0.2) is 0 Å². The van der Waals surface area contributed by atoms with Gasteiger partial charge in [-0.1, -0.05) is 19.3 Å². The predicted octanol–water partition coefficient (Wildman–Crippen LogP) is 1.36. The second kappa shape index (κ2) is 5.35. The van der Waals surface area contributed by atoms with Crippen molar-refractivity contribution >= 4 is 6.03 Å². The standard InChI is InChI=1S/C11H23N3O/c1-9(2)13-10(15)14-11(8-12)6-4-3-5-7-11/h9H,3-8,12H2,1-2H3,(H2,13,14,15). The molecule has 0 aromatic heterocycles. The van der Waals surface area contributed by atoms with Crippen LogP contribution in [0.1, 0.15) is 46.0 Å². The third-order valence-corrected chi connectivity index (χ3v) is 3.00. The van der Waals surface area contributed by atoms with E-state index in [-0.39, 0.29) is 17.6 Å². The van der Waals surface area contributed by atoms with Crippen LogP contribution in [-0.4, -0.2) is 24.2 Å². The zero-order valence-corrected chi connectivity index (χ0v) is 9.81. The van der Waals surface area contributed by atoms with Gasteiger partial charge in [0.05, 0.1) is 5.54 Å². The molecule has 1 aliphatic carbocycles. The van der Waals surface area contributed by atoms with Crippen molar-refractivity contribution in [3.63, 3.8) is 0 Å². The summed E-state index contributed by atoms with van der Waals surface area (Å²) in [6, 6.07) is 0.0840. The van der Waals surface area contributed by atoms with Crippen LogP contribution in [0, 0.1) is 0 Å². The molecule has 2 amide bonds. The highest BCUT2D eigenvalue weighted by atomic mass is 16.2. The Morgan fingerprint density at radius 2 is 1.93 bits per heavy atom. The van der Waals surface area contributed by atoms with Gasteiger partial charge in [0.25, 0.3) is 0 Å². The van der Waals surface area contributed by atoms with Crippen LogP contribution < -0.4 is 16.4 Å². The lowest BCUT2D eigenvalue weighted by Crippen LogP contribution is -2.58. The van der Waals surface area contributed by atoms with Gasteiger partial charge in [0, 0.05) is 12.6 Å². The second-order valence-electron chi connectivity index (χ2n) is 4.80. The molecule has 0 heterocycles. The number of nitrogens with two attached hydrogens (primary N) is 1. The Balaban J connectivity index is 2.47. The van der Waals surface area contributed by atoms with Gasteiger partial charge in [-0.25, -0.2) is 4.79 Å². The zero-order chi connectivity index (χ0) is 11.3. The number of hydrogen-bond acceptors (Lipinski definition) is 2. The lowest BCUT2D eigenvalue weighted by Gasteiger charge is -2.37. The Labute approximate surface area is 92.0 Å². The molecule has 0 atom stereocenters. The molecular formula is C11H23N3O. The zero-order valence-electron chi connectivity index (χ0n) is 9.81. The van der Waals surface area contributed by atoms with E-state index < -0.39 is 0 Å². The Morgan fingerprint density at radius 3 is 2.40 bits per heavy atom. The highest BCUT2D eigenvalue weighted by molar-refractivity contribution is 5.75. The Bertz CT molecular complexity index is 210. The van der Waals surface area contributed by atoms with Crippen molar-refractivity contribution in [2.24, 2.45) is 5.73 Å². The lowest BCUT2D eigenvalue weighted by atomic mass is 9.82. The molecule has 1 aliphatic rings. The van der Waals surface area contributed by atoms with E-state index in [2.05, 4.69) is 10.6 Å². The van der Waals surface area contributed by atoms with Gasteiger partial charge in [0.1, 0.15) is 0 Å². The van der Waals surface area contributed by atoms with Gasteiger partial charge in [-0.15, -0.1) is 0 Å². The maximum absolute atomic E-state index is 11.6. The first kappa shape index (κ1) is 12.3. The third kappa shape index (κ3) is 3.70. The highest BCUT2D eigenvalue weighted by Gasteiger charge is 2.32. The van der Waals surface area contributed by atoms with Crippen molar-refractivity contribution in [1.82, 2.24) is 10.6 Å². The molecule has 0 aromatic carbocycles. The van der Waals surface area contributed by atoms with Crippen LogP contribution in [0.3, 0.4) is 0 Å². The average Bonchev–Trinajstić information content (AvgIpc) is 2.17. The summed E-state index contributed by atoms with van der Waals surface area (Å²) in [7, 11) is 0. The van der Waals surface area contributed by atoms with Crippen LogP contribution in [0.4, 0.5) is 4.79 Å². The van der Waals surface area contributed by atoms with Crippen LogP contribution in [0.5, 0.6) is 0 Å². The Morgan fingerprint density at radius 1 is 1.33 bits per heavy atom. The van der Waals surface area contributed by atoms with E-state index in [1.165, 1.54) is 19.3 Å². The van der Waals surface area contributed by atoms with E-state index in [9.17, 15) is 4.79 Å². The van der Waals surface area contributed by atoms with Crippen LogP contribution in [0.25, 0.3) is 0 Å². The molecule has 0 spiro atoms. The fourth-order valence-corrected chi connectivity index (χ4v) is 2.15. The summed E-state index contributed by atoms with van der Waals surface area (Å²) in [6.07, 6.45) is 5.61. The van der Waals surface area contributed by atoms with Crippen molar-refractivity contribution in [2.75, 3.05) is 6.54 Å². The third-order valence-electron chi connectivity index (χ3n) is 3.00. The first-order valence-electron chi connectivity index (χ1n) is 5.87. The summed E-state index contributed by atoms with van der Waals surface area (Å²) in [5.41, 5.74) is 5.62. The quantitative estimate of drug-likeness (QED) is 0.662.